The zero-order chi connectivity index (χ0) is 19.5. The van der Waals surface area contributed by atoms with Gasteiger partial charge in [0.25, 0.3) is 0 Å². The monoisotopic (exact) mass is 372 g/mol. The minimum atomic E-state index is -0.189. The van der Waals surface area contributed by atoms with Crippen LogP contribution in [0.3, 0.4) is 0 Å². The lowest BCUT2D eigenvalue weighted by atomic mass is 10.1. The van der Waals surface area contributed by atoms with Gasteiger partial charge in [0, 0.05) is 19.6 Å². The fraction of sp³-hybridized carbons (Fsp3) is 0.381. The first-order valence-corrected chi connectivity index (χ1v) is 9.15. The molecule has 2 amide bonds. The van der Waals surface area contributed by atoms with Gasteiger partial charge in [0.05, 0.1) is 20.3 Å². The highest BCUT2D eigenvalue weighted by molar-refractivity contribution is 5.74. The number of methoxy groups -OCH3 is 1. The van der Waals surface area contributed by atoms with Crippen LogP contribution in [0.5, 0.6) is 11.5 Å². The average Bonchev–Trinajstić information content (AvgIpc) is 2.69. The molecule has 0 spiro atoms. The molecule has 2 N–H and O–H groups in total. The lowest BCUT2D eigenvalue weighted by Crippen LogP contribution is -2.41. The van der Waals surface area contributed by atoms with Gasteiger partial charge in [-0.2, -0.15) is 0 Å². The molecular weight excluding hydrogens is 344 g/mol. The quantitative estimate of drug-likeness (QED) is 0.673. The van der Waals surface area contributed by atoms with E-state index in [1.807, 2.05) is 55.5 Å². The Morgan fingerprint density at radius 2 is 1.89 bits per heavy atom. The summed E-state index contributed by atoms with van der Waals surface area (Å²) in [6.45, 7) is 3.68. The van der Waals surface area contributed by atoms with E-state index in [0.717, 1.165) is 11.1 Å². The second-order valence-corrected chi connectivity index (χ2v) is 6.03. The Labute approximate surface area is 160 Å². The summed E-state index contributed by atoms with van der Waals surface area (Å²) >= 11 is 0. The number of rotatable bonds is 10. The van der Waals surface area contributed by atoms with Crippen LogP contribution in [0.1, 0.15) is 18.1 Å². The Balaban J connectivity index is 1.89. The van der Waals surface area contributed by atoms with Crippen molar-refractivity contribution >= 4 is 6.03 Å². The summed E-state index contributed by atoms with van der Waals surface area (Å²) in [7, 11) is 1.61. The molecule has 0 bridgehead atoms. The number of carbonyl (C=O) groups is 1. The SMILES string of the molecule is CCOc1ccc(CCNC(=O)N(CCO)Cc2ccccc2)cc1OC. The molecule has 6 heteroatoms. The van der Waals surface area contributed by atoms with Gasteiger partial charge in [0.15, 0.2) is 11.5 Å². The maximum absolute atomic E-state index is 12.4. The zero-order valence-electron chi connectivity index (χ0n) is 16.0. The first-order chi connectivity index (χ1) is 13.2. The number of amides is 2. The molecule has 0 aliphatic heterocycles. The van der Waals surface area contributed by atoms with Crippen molar-refractivity contribution in [2.45, 2.75) is 19.9 Å². The zero-order valence-corrected chi connectivity index (χ0v) is 16.0. The molecule has 0 aliphatic carbocycles. The number of urea groups is 1. The third-order valence-corrected chi connectivity index (χ3v) is 4.09. The highest BCUT2D eigenvalue weighted by atomic mass is 16.5. The maximum atomic E-state index is 12.4. The molecule has 0 atom stereocenters. The predicted octanol–water partition coefficient (Wildman–Crippen LogP) is 2.84. The van der Waals surface area contributed by atoms with E-state index in [2.05, 4.69) is 5.32 Å². The minimum absolute atomic E-state index is 0.0731. The van der Waals surface area contributed by atoms with E-state index in [1.165, 1.54) is 0 Å². The summed E-state index contributed by atoms with van der Waals surface area (Å²) < 4.78 is 10.9. The summed E-state index contributed by atoms with van der Waals surface area (Å²) in [5.74, 6) is 1.40. The number of hydrogen-bond donors (Lipinski definition) is 2. The Morgan fingerprint density at radius 1 is 1.11 bits per heavy atom. The van der Waals surface area contributed by atoms with Crippen LogP contribution in [-0.4, -0.2) is 49.5 Å². The number of carbonyl (C=O) groups excluding carboxylic acids is 1. The molecule has 6 nitrogen and oxygen atoms in total. The Hall–Kier alpha value is -2.73. The van der Waals surface area contributed by atoms with Crippen molar-refractivity contribution in [2.75, 3.05) is 33.4 Å². The van der Waals surface area contributed by atoms with E-state index in [-0.39, 0.29) is 19.2 Å². The standard InChI is InChI=1S/C21H28N2O4/c1-3-27-19-10-9-17(15-20(19)26-2)11-12-22-21(25)23(13-14-24)16-18-7-5-4-6-8-18/h4-10,15,24H,3,11-14,16H2,1-2H3,(H,22,25). The second kappa shape index (κ2) is 11.1. The highest BCUT2D eigenvalue weighted by Gasteiger charge is 2.13. The van der Waals surface area contributed by atoms with Crippen molar-refractivity contribution < 1.29 is 19.4 Å². The first-order valence-electron chi connectivity index (χ1n) is 9.15. The van der Waals surface area contributed by atoms with Crippen LogP contribution >= 0.6 is 0 Å². The van der Waals surface area contributed by atoms with Crippen LogP contribution in [0.25, 0.3) is 0 Å². The molecule has 2 aromatic rings. The molecule has 27 heavy (non-hydrogen) atoms. The summed E-state index contributed by atoms with van der Waals surface area (Å²) in [6, 6.07) is 15.3. The number of aliphatic hydroxyl groups excluding tert-OH is 1. The third-order valence-electron chi connectivity index (χ3n) is 4.09. The highest BCUT2D eigenvalue weighted by Crippen LogP contribution is 2.28. The van der Waals surface area contributed by atoms with Crippen LogP contribution in [0.15, 0.2) is 48.5 Å². The smallest absolute Gasteiger partial charge is 0.317 e. The van der Waals surface area contributed by atoms with Gasteiger partial charge in [0.1, 0.15) is 0 Å². The Kier molecular flexibility index (Phi) is 8.45. The molecule has 0 unspecified atom stereocenters. The molecule has 2 rings (SSSR count). The van der Waals surface area contributed by atoms with Gasteiger partial charge in [-0.15, -0.1) is 0 Å². The van der Waals surface area contributed by atoms with Crippen LogP contribution in [0, 0.1) is 0 Å². The normalized spacial score (nSPS) is 10.3. The summed E-state index contributed by atoms with van der Waals surface area (Å²) in [5.41, 5.74) is 2.07. The van der Waals surface area contributed by atoms with Crippen molar-refractivity contribution in [1.82, 2.24) is 10.2 Å². The lowest BCUT2D eigenvalue weighted by molar-refractivity contribution is 0.174. The minimum Gasteiger partial charge on any atom is -0.493 e. The number of nitrogens with one attached hydrogen (secondary N) is 1. The molecule has 0 aromatic heterocycles. The summed E-state index contributed by atoms with van der Waals surface area (Å²) in [5, 5.41) is 12.2. The number of hydrogen-bond acceptors (Lipinski definition) is 4. The van der Waals surface area contributed by atoms with E-state index < -0.39 is 0 Å². The van der Waals surface area contributed by atoms with Crippen molar-refractivity contribution in [1.29, 1.82) is 0 Å². The number of nitrogens with zero attached hydrogens (tertiary/aromatic N) is 1. The Morgan fingerprint density at radius 3 is 2.56 bits per heavy atom. The second-order valence-electron chi connectivity index (χ2n) is 6.03. The molecule has 2 aromatic carbocycles. The van der Waals surface area contributed by atoms with Crippen LogP contribution < -0.4 is 14.8 Å². The molecule has 0 saturated heterocycles. The van der Waals surface area contributed by atoms with Gasteiger partial charge in [0.2, 0.25) is 0 Å². The molecule has 0 saturated carbocycles. The molecule has 146 valence electrons. The van der Waals surface area contributed by atoms with E-state index in [1.54, 1.807) is 12.0 Å². The number of ether oxygens (including phenoxy) is 2. The predicted molar refractivity (Wildman–Crippen MR) is 105 cm³/mol. The molecule has 0 radical (unpaired) electrons. The molecule has 0 heterocycles. The lowest BCUT2D eigenvalue weighted by Gasteiger charge is -2.22. The van der Waals surface area contributed by atoms with Gasteiger partial charge in [-0.1, -0.05) is 36.4 Å². The molecule has 0 aliphatic rings. The van der Waals surface area contributed by atoms with E-state index in [4.69, 9.17) is 9.47 Å². The largest absolute Gasteiger partial charge is 0.493 e. The van der Waals surface area contributed by atoms with E-state index in [9.17, 15) is 9.90 Å². The fourth-order valence-corrected chi connectivity index (χ4v) is 2.74. The molecule has 0 fully saturated rings. The molecular formula is C21H28N2O4. The van der Waals surface area contributed by atoms with E-state index in [0.29, 0.717) is 37.6 Å². The van der Waals surface area contributed by atoms with Crippen LogP contribution in [0.4, 0.5) is 4.79 Å². The Bertz CT molecular complexity index is 707. The third kappa shape index (κ3) is 6.49. The van der Waals surface area contributed by atoms with Gasteiger partial charge < -0.3 is 24.8 Å². The van der Waals surface area contributed by atoms with E-state index >= 15 is 0 Å². The van der Waals surface area contributed by atoms with Crippen molar-refractivity contribution in [3.8, 4) is 11.5 Å². The van der Waals surface area contributed by atoms with Crippen molar-refractivity contribution in [3.05, 3.63) is 59.7 Å². The number of benzene rings is 2. The topological polar surface area (TPSA) is 71.0 Å². The maximum Gasteiger partial charge on any atom is 0.317 e. The average molecular weight is 372 g/mol. The van der Waals surface area contributed by atoms with Gasteiger partial charge in [-0.25, -0.2) is 4.79 Å². The summed E-state index contributed by atoms with van der Waals surface area (Å²) in [6.07, 6.45) is 0.673. The van der Waals surface area contributed by atoms with Crippen LogP contribution in [-0.2, 0) is 13.0 Å². The van der Waals surface area contributed by atoms with Crippen LogP contribution in [0.2, 0.25) is 0 Å². The van der Waals surface area contributed by atoms with Crippen molar-refractivity contribution in [3.63, 3.8) is 0 Å². The van der Waals surface area contributed by atoms with Crippen molar-refractivity contribution in [2.24, 2.45) is 0 Å². The van der Waals surface area contributed by atoms with Gasteiger partial charge in [-0.05, 0) is 36.6 Å². The number of aliphatic hydroxyl groups is 1. The van der Waals surface area contributed by atoms with Gasteiger partial charge >= 0.3 is 6.03 Å². The van der Waals surface area contributed by atoms with Gasteiger partial charge in [-0.3, -0.25) is 0 Å². The fourth-order valence-electron chi connectivity index (χ4n) is 2.74. The first kappa shape index (κ1) is 20.6. The summed E-state index contributed by atoms with van der Waals surface area (Å²) in [4.78, 5) is 14.1.